The highest BCUT2D eigenvalue weighted by atomic mass is 16.6. The van der Waals surface area contributed by atoms with Gasteiger partial charge in [0.05, 0.1) is 7.11 Å². The second kappa shape index (κ2) is 14.7. The molecule has 0 bridgehead atoms. The predicted octanol–water partition coefficient (Wildman–Crippen LogP) is 1.80. The number of amides is 4. The van der Waals surface area contributed by atoms with E-state index in [0.717, 1.165) is 6.42 Å². The summed E-state index contributed by atoms with van der Waals surface area (Å²) in [5.74, 6) is -2.47. The van der Waals surface area contributed by atoms with Gasteiger partial charge >= 0.3 is 12.1 Å². The van der Waals surface area contributed by atoms with Crippen LogP contribution in [0.25, 0.3) is 0 Å². The summed E-state index contributed by atoms with van der Waals surface area (Å²) in [5, 5.41) is 5.04. The average Bonchev–Trinajstić information content (AvgIpc) is 2.81. The molecule has 0 aliphatic carbocycles. The zero-order chi connectivity index (χ0) is 27.3. The monoisotopic (exact) mass is 506 g/mol. The number of benzene rings is 1. The number of nitrogens with two attached hydrogens (primary N) is 1. The molecule has 0 radical (unpaired) electrons. The summed E-state index contributed by atoms with van der Waals surface area (Å²) in [7, 11) is 1.20. The molecule has 0 saturated heterocycles. The molecule has 1 aromatic carbocycles. The number of ether oxygens (including phenoxy) is 2. The maximum absolute atomic E-state index is 13.8. The lowest BCUT2D eigenvalue weighted by molar-refractivity contribution is -0.145. The number of carbonyl (C=O) groups excluding carboxylic acids is 5. The molecule has 1 rings (SSSR count). The van der Waals surface area contributed by atoms with Crippen LogP contribution in [0, 0.1) is 0 Å². The Hall–Kier alpha value is -3.63. The summed E-state index contributed by atoms with van der Waals surface area (Å²) in [6.45, 7) is 6.77. The van der Waals surface area contributed by atoms with Crippen LogP contribution in [0.3, 0.4) is 0 Å². The maximum atomic E-state index is 13.8. The highest BCUT2D eigenvalue weighted by molar-refractivity contribution is 5.93. The van der Waals surface area contributed by atoms with Crippen molar-refractivity contribution in [3.8, 4) is 0 Å². The summed E-state index contributed by atoms with van der Waals surface area (Å²) in [6, 6.07) is 6.31. The van der Waals surface area contributed by atoms with E-state index in [1.165, 1.54) is 12.0 Å². The average molecular weight is 507 g/mol. The van der Waals surface area contributed by atoms with Crippen LogP contribution in [0.5, 0.6) is 0 Å². The standard InChI is InChI=1S/C25H38N4O7/c1-6-7-15-29(21(17-11-9-8-10-12-17)22(32)27-16-20(31)35-5)23(33)18(13-14-19(26)30)28-24(34)36-25(2,3)4/h8-12,18,21H,6-7,13-16H2,1-5H3,(H2,26,30)(H,27,32)(H,28,34). The van der Waals surface area contributed by atoms with Crippen molar-refractivity contribution in [2.75, 3.05) is 20.2 Å². The van der Waals surface area contributed by atoms with Crippen LogP contribution in [0.4, 0.5) is 4.79 Å². The molecule has 36 heavy (non-hydrogen) atoms. The van der Waals surface area contributed by atoms with Crippen molar-refractivity contribution in [2.24, 2.45) is 5.73 Å². The van der Waals surface area contributed by atoms with Crippen molar-refractivity contribution in [1.29, 1.82) is 0 Å². The Balaban J connectivity index is 3.39. The molecule has 11 heteroatoms. The van der Waals surface area contributed by atoms with Crippen LogP contribution < -0.4 is 16.4 Å². The lowest BCUT2D eigenvalue weighted by Gasteiger charge is -2.34. The third-order valence-corrected chi connectivity index (χ3v) is 5.01. The molecule has 0 aliphatic heterocycles. The lowest BCUT2D eigenvalue weighted by atomic mass is 10.0. The molecular weight excluding hydrogens is 468 g/mol. The Morgan fingerprint density at radius 3 is 2.25 bits per heavy atom. The smallest absolute Gasteiger partial charge is 0.408 e. The van der Waals surface area contributed by atoms with Crippen molar-refractivity contribution in [3.63, 3.8) is 0 Å². The van der Waals surface area contributed by atoms with Crippen molar-refractivity contribution >= 4 is 29.8 Å². The van der Waals surface area contributed by atoms with Gasteiger partial charge in [-0.15, -0.1) is 0 Å². The minimum atomic E-state index is -1.18. The van der Waals surface area contributed by atoms with E-state index in [1.54, 1.807) is 51.1 Å². The highest BCUT2D eigenvalue weighted by Crippen LogP contribution is 2.24. The van der Waals surface area contributed by atoms with Crippen LogP contribution in [0.1, 0.15) is 65.0 Å². The van der Waals surface area contributed by atoms with E-state index in [1.807, 2.05) is 6.92 Å². The summed E-state index contributed by atoms with van der Waals surface area (Å²) in [6.07, 6.45) is 0.196. The van der Waals surface area contributed by atoms with Crippen molar-refractivity contribution in [1.82, 2.24) is 15.5 Å². The molecule has 0 saturated carbocycles. The molecule has 0 spiro atoms. The number of rotatable bonds is 13. The first-order valence-corrected chi connectivity index (χ1v) is 11.9. The van der Waals surface area contributed by atoms with Crippen molar-refractivity contribution in [3.05, 3.63) is 35.9 Å². The van der Waals surface area contributed by atoms with E-state index >= 15 is 0 Å². The molecule has 4 amide bonds. The molecule has 0 heterocycles. The van der Waals surface area contributed by atoms with Gasteiger partial charge in [-0.1, -0.05) is 43.7 Å². The molecule has 0 aromatic heterocycles. The fraction of sp³-hybridized carbons (Fsp3) is 0.560. The summed E-state index contributed by atoms with van der Waals surface area (Å²) in [5.41, 5.74) is 4.99. The van der Waals surface area contributed by atoms with Gasteiger partial charge in [0.1, 0.15) is 24.2 Å². The van der Waals surface area contributed by atoms with E-state index < -0.39 is 47.5 Å². The Morgan fingerprint density at radius 1 is 1.08 bits per heavy atom. The number of alkyl carbamates (subject to hydrolysis) is 1. The Morgan fingerprint density at radius 2 is 1.72 bits per heavy atom. The molecule has 2 unspecified atom stereocenters. The van der Waals surface area contributed by atoms with Crippen LogP contribution in [0.2, 0.25) is 0 Å². The number of hydrogen-bond donors (Lipinski definition) is 3. The normalized spacial score (nSPS) is 12.6. The van der Waals surface area contributed by atoms with E-state index in [9.17, 15) is 24.0 Å². The van der Waals surface area contributed by atoms with Crippen LogP contribution in [-0.2, 0) is 28.7 Å². The van der Waals surface area contributed by atoms with Crippen LogP contribution >= 0.6 is 0 Å². The van der Waals surface area contributed by atoms with Gasteiger partial charge in [-0.25, -0.2) is 4.79 Å². The van der Waals surface area contributed by atoms with Crippen molar-refractivity contribution < 1.29 is 33.4 Å². The largest absolute Gasteiger partial charge is 0.468 e. The first kappa shape index (κ1) is 30.4. The maximum Gasteiger partial charge on any atom is 0.408 e. The van der Waals surface area contributed by atoms with Gasteiger partial charge in [-0.3, -0.25) is 19.2 Å². The quantitative estimate of drug-likeness (QED) is 0.344. The molecule has 200 valence electrons. The molecule has 2 atom stereocenters. The first-order chi connectivity index (χ1) is 16.9. The van der Waals surface area contributed by atoms with Gasteiger partial charge < -0.3 is 30.7 Å². The van der Waals surface area contributed by atoms with E-state index in [2.05, 4.69) is 15.4 Å². The van der Waals surface area contributed by atoms with Gasteiger partial charge in [-0.05, 0) is 39.2 Å². The number of unbranched alkanes of at least 4 members (excludes halogenated alkanes) is 1. The lowest BCUT2D eigenvalue weighted by Crippen LogP contribution is -2.53. The minimum absolute atomic E-state index is 0.0820. The van der Waals surface area contributed by atoms with E-state index in [4.69, 9.17) is 10.5 Å². The summed E-state index contributed by atoms with van der Waals surface area (Å²) in [4.78, 5) is 64.0. The van der Waals surface area contributed by atoms with Gasteiger partial charge in [0.15, 0.2) is 0 Å². The zero-order valence-electron chi connectivity index (χ0n) is 21.7. The molecule has 1 aromatic rings. The van der Waals surface area contributed by atoms with Gasteiger partial charge in [-0.2, -0.15) is 0 Å². The molecule has 0 fully saturated rings. The Kier molecular flexibility index (Phi) is 12.4. The third-order valence-electron chi connectivity index (χ3n) is 5.01. The van der Waals surface area contributed by atoms with Gasteiger partial charge in [0.25, 0.3) is 0 Å². The Labute approximate surface area is 212 Å². The summed E-state index contributed by atoms with van der Waals surface area (Å²) < 4.78 is 9.88. The molecule has 0 aliphatic rings. The second-order valence-electron chi connectivity index (χ2n) is 9.20. The highest BCUT2D eigenvalue weighted by Gasteiger charge is 2.36. The molecular formula is C25H38N4O7. The Bertz CT molecular complexity index is 899. The van der Waals surface area contributed by atoms with E-state index in [0.29, 0.717) is 12.0 Å². The van der Waals surface area contributed by atoms with Crippen LogP contribution in [0.15, 0.2) is 30.3 Å². The number of nitrogens with zero attached hydrogens (tertiary/aromatic N) is 1. The van der Waals surface area contributed by atoms with Gasteiger partial charge in [0, 0.05) is 13.0 Å². The molecule has 11 nitrogen and oxygen atoms in total. The fourth-order valence-electron chi connectivity index (χ4n) is 3.33. The van der Waals surface area contributed by atoms with Gasteiger partial charge in [0.2, 0.25) is 17.7 Å². The summed E-state index contributed by atoms with van der Waals surface area (Å²) >= 11 is 0. The number of hydrogen-bond acceptors (Lipinski definition) is 7. The second-order valence-corrected chi connectivity index (χ2v) is 9.20. The molecule has 4 N–H and O–H groups in total. The predicted molar refractivity (Wildman–Crippen MR) is 132 cm³/mol. The fourth-order valence-corrected chi connectivity index (χ4v) is 3.33. The topological polar surface area (TPSA) is 157 Å². The third kappa shape index (κ3) is 10.7. The van der Waals surface area contributed by atoms with Crippen molar-refractivity contribution in [2.45, 2.75) is 71.1 Å². The number of esters is 1. The first-order valence-electron chi connectivity index (χ1n) is 11.9. The van der Waals surface area contributed by atoms with Crippen LogP contribution in [-0.4, -0.2) is 66.5 Å². The zero-order valence-corrected chi connectivity index (χ0v) is 21.7. The van der Waals surface area contributed by atoms with E-state index in [-0.39, 0.29) is 25.9 Å². The number of nitrogens with one attached hydrogen (secondary N) is 2. The minimum Gasteiger partial charge on any atom is -0.468 e. The number of methoxy groups -OCH3 is 1. The number of carbonyl (C=O) groups is 5. The SMILES string of the molecule is CCCCN(C(=O)C(CCC(N)=O)NC(=O)OC(C)(C)C)C(C(=O)NCC(=O)OC)c1ccccc1. The number of primary amides is 1.